The van der Waals surface area contributed by atoms with Crippen LogP contribution in [0.1, 0.15) is 110 Å². The van der Waals surface area contributed by atoms with E-state index in [9.17, 15) is 14.4 Å². The molecule has 2 amide bonds. The van der Waals surface area contributed by atoms with Crippen molar-refractivity contribution >= 4 is 17.8 Å². The van der Waals surface area contributed by atoms with Crippen LogP contribution in [-0.4, -0.2) is 33.8 Å². The molecule has 0 aliphatic carbocycles. The molecule has 5 heteroatoms. The van der Waals surface area contributed by atoms with Crippen LogP contribution in [0.3, 0.4) is 0 Å². The third-order valence-corrected chi connectivity index (χ3v) is 5.42. The van der Waals surface area contributed by atoms with Crippen molar-refractivity contribution in [2.75, 3.05) is 0 Å². The first-order valence-corrected chi connectivity index (χ1v) is 11.3. The quantitative estimate of drug-likeness (QED) is 0.272. The van der Waals surface area contributed by atoms with Crippen LogP contribution in [0.4, 0.5) is 0 Å². The van der Waals surface area contributed by atoms with Crippen LogP contribution in [0.2, 0.25) is 0 Å². The molecule has 1 saturated heterocycles. The van der Waals surface area contributed by atoms with Gasteiger partial charge in [0.05, 0.1) is 0 Å². The summed E-state index contributed by atoms with van der Waals surface area (Å²) in [4.78, 5) is 36.0. The first kappa shape index (κ1) is 24.4. The monoisotopic (exact) mass is 393 g/mol. The number of amides is 2. The standard InChI is InChI=1S/C23H39NO4/c1-2-3-4-5-6-7-8-9-10-11-12-13-14-15-16-17-21(25)24-20(23(27)28)18-19-22(24)26/h9-10,20H,2-8,11-19H2,1H3,(H,27,28)/b10-9-. The number of hydrogen-bond acceptors (Lipinski definition) is 3. The molecule has 0 saturated carbocycles. The molecule has 0 radical (unpaired) electrons. The van der Waals surface area contributed by atoms with Crippen molar-refractivity contribution in [2.45, 2.75) is 116 Å². The molecular weight excluding hydrogens is 354 g/mol. The smallest absolute Gasteiger partial charge is 0.326 e. The number of unbranched alkanes of at least 4 members (excludes halogenated alkanes) is 11. The van der Waals surface area contributed by atoms with E-state index in [-0.39, 0.29) is 31.1 Å². The number of carboxylic acids is 1. The van der Waals surface area contributed by atoms with Gasteiger partial charge in [-0.1, -0.05) is 70.4 Å². The average Bonchev–Trinajstić information content (AvgIpc) is 3.06. The predicted octanol–water partition coefficient (Wildman–Crippen LogP) is 5.63. The first-order chi connectivity index (χ1) is 13.6. The highest BCUT2D eigenvalue weighted by molar-refractivity contribution is 6.01. The molecule has 1 aliphatic rings. The van der Waals surface area contributed by atoms with Gasteiger partial charge in [-0.2, -0.15) is 0 Å². The Labute approximate surface area is 170 Å². The van der Waals surface area contributed by atoms with Gasteiger partial charge in [-0.15, -0.1) is 0 Å². The summed E-state index contributed by atoms with van der Waals surface area (Å²) in [5.41, 5.74) is 0. The van der Waals surface area contributed by atoms with Gasteiger partial charge in [-0.25, -0.2) is 4.79 Å². The molecule has 1 fully saturated rings. The molecular formula is C23H39NO4. The summed E-state index contributed by atoms with van der Waals surface area (Å²) < 4.78 is 0. The fourth-order valence-electron chi connectivity index (χ4n) is 3.70. The number of carbonyl (C=O) groups excluding carboxylic acids is 2. The SMILES string of the molecule is CCCCCCCC/C=C\CCCCCCCC(=O)N1C(=O)CCC1C(=O)O. The molecule has 0 bridgehead atoms. The number of rotatable bonds is 16. The zero-order valence-electron chi connectivity index (χ0n) is 17.7. The number of hydrogen-bond donors (Lipinski definition) is 1. The van der Waals surface area contributed by atoms with Crippen LogP contribution in [0.5, 0.6) is 0 Å². The number of imide groups is 1. The molecule has 0 spiro atoms. The summed E-state index contributed by atoms with van der Waals surface area (Å²) >= 11 is 0. The largest absolute Gasteiger partial charge is 0.480 e. The lowest BCUT2D eigenvalue weighted by Gasteiger charge is -2.19. The Bertz CT molecular complexity index is 501. The number of aliphatic carboxylic acids is 1. The van der Waals surface area contributed by atoms with Crippen molar-refractivity contribution in [3.63, 3.8) is 0 Å². The molecule has 0 aromatic carbocycles. The normalized spacial score (nSPS) is 17.0. The second kappa shape index (κ2) is 15.3. The van der Waals surface area contributed by atoms with Gasteiger partial charge < -0.3 is 5.11 Å². The summed E-state index contributed by atoms with van der Waals surface area (Å²) in [6.07, 6.45) is 20.7. The van der Waals surface area contributed by atoms with Gasteiger partial charge in [0, 0.05) is 12.8 Å². The van der Waals surface area contributed by atoms with Crippen LogP contribution < -0.4 is 0 Å². The van der Waals surface area contributed by atoms with Gasteiger partial charge in [-0.05, 0) is 38.5 Å². The zero-order chi connectivity index (χ0) is 20.6. The van der Waals surface area contributed by atoms with Crippen LogP contribution in [0.15, 0.2) is 12.2 Å². The van der Waals surface area contributed by atoms with Gasteiger partial charge >= 0.3 is 5.97 Å². The summed E-state index contributed by atoms with van der Waals surface area (Å²) in [5, 5.41) is 9.10. The third kappa shape index (κ3) is 10.0. The van der Waals surface area contributed by atoms with Gasteiger partial charge in [0.25, 0.3) is 0 Å². The maximum absolute atomic E-state index is 12.1. The molecule has 1 unspecified atom stereocenters. The molecule has 1 heterocycles. The molecule has 1 atom stereocenters. The Morgan fingerprint density at radius 1 is 0.929 bits per heavy atom. The van der Waals surface area contributed by atoms with Gasteiger partial charge in [-0.3, -0.25) is 14.5 Å². The zero-order valence-corrected chi connectivity index (χ0v) is 17.7. The van der Waals surface area contributed by atoms with Crippen molar-refractivity contribution in [1.82, 2.24) is 4.90 Å². The van der Waals surface area contributed by atoms with Crippen molar-refractivity contribution in [2.24, 2.45) is 0 Å². The lowest BCUT2D eigenvalue weighted by molar-refractivity contribution is -0.154. The molecule has 0 aromatic rings. The van der Waals surface area contributed by atoms with Crippen LogP contribution in [0, 0.1) is 0 Å². The minimum Gasteiger partial charge on any atom is -0.480 e. The Balaban J connectivity index is 1.96. The number of carbonyl (C=O) groups is 3. The summed E-state index contributed by atoms with van der Waals surface area (Å²) in [5.74, 6) is -1.75. The maximum Gasteiger partial charge on any atom is 0.326 e. The van der Waals surface area contributed by atoms with E-state index in [2.05, 4.69) is 19.1 Å². The molecule has 1 aliphatic heterocycles. The molecule has 28 heavy (non-hydrogen) atoms. The average molecular weight is 394 g/mol. The van der Waals surface area contributed by atoms with E-state index in [1.54, 1.807) is 0 Å². The van der Waals surface area contributed by atoms with E-state index in [0.29, 0.717) is 0 Å². The van der Waals surface area contributed by atoms with E-state index in [1.165, 1.54) is 51.4 Å². The lowest BCUT2D eigenvalue weighted by Crippen LogP contribution is -2.42. The highest BCUT2D eigenvalue weighted by atomic mass is 16.4. The lowest BCUT2D eigenvalue weighted by atomic mass is 10.1. The summed E-state index contributed by atoms with van der Waals surface area (Å²) in [6, 6.07) is -0.955. The minimum absolute atomic E-state index is 0.162. The maximum atomic E-state index is 12.1. The highest BCUT2D eigenvalue weighted by Crippen LogP contribution is 2.21. The third-order valence-electron chi connectivity index (χ3n) is 5.42. The molecule has 1 N–H and O–H groups in total. The Hall–Kier alpha value is -1.65. The molecule has 5 nitrogen and oxygen atoms in total. The fraction of sp³-hybridized carbons (Fsp3) is 0.783. The van der Waals surface area contributed by atoms with E-state index in [4.69, 9.17) is 5.11 Å². The van der Waals surface area contributed by atoms with Crippen molar-refractivity contribution in [1.29, 1.82) is 0 Å². The second-order valence-corrected chi connectivity index (χ2v) is 7.88. The highest BCUT2D eigenvalue weighted by Gasteiger charge is 2.39. The second-order valence-electron chi connectivity index (χ2n) is 7.88. The summed E-state index contributed by atoms with van der Waals surface area (Å²) in [6.45, 7) is 2.25. The molecule has 1 rings (SSSR count). The fourth-order valence-corrected chi connectivity index (χ4v) is 3.70. The topological polar surface area (TPSA) is 74.7 Å². The summed E-state index contributed by atoms with van der Waals surface area (Å²) in [7, 11) is 0. The van der Waals surface area contributed by atoms with Crippen LogP contribution in [0.25, 0.3) is 0 Å². The molecule has 0 aromatic heterocycles. The van der Waals surface area contributed by atoms with Crippen molar-refractivity contribution < 1.29 is 19.5 Å². The van der Waals surface area contributed by atoms with Gasteiger partial charge in [0.15, 0.2) is 0 Å². The number of allylic oxidation sites excluding steroid dienone is 2. The number of likely N-dealkylation sites (tertiary alicyclic amines) is 1. The molecule has 160 valence electrons. The van der Waals surface area contributed by atoms with E-state index >= 15 is 0 Å². The Morgan fingerprint density at radius 3 is 2.04 bits per heavy atom. The number of nitrogens with zero attached hydrogens (tertiary/aromatic N) is 1. The van der Waals surface area contributed by atoms with E-state index in [0.717, 1.165) is 37.0 Å². The predicted molar refractivity (Wildman–Crippen MR) is 112 cm³/mol. The van der Waals surface area contributed by atoms with E-state index < -0.39 is 12.0 Å². The van der Waals surface area contributed by atoms with E-state index in [1.807, 2.05) is 0 Å². The van der Waals surface area contributed by atoms with Gasteiger partial charge in [0.2, 0.25) is 11.8 Å². The van der Waals surface area contributed by atoms with Gasteiger partial charge in [0.1, 0.15) is 6.04 Å². The van der Waals surface area contributed by atoms with Crippen molar-refractivity contribution in [3.05, 3.63) is 12.2 Å². The first-order valence-electron chi connectivity index (χ1n) is 11.3. The Kier molecular flexibility index (Phi) is 13.3. The van der Waals surface area contributed by atoms with Crippen LogP contribution >= 0.6 is 0 Å². The number of carboxylic acid groups (broad SMARTS) is 1. The van der Waals surface area contributed by atoms with Crippen molar-refractivity contribution in [3.8, 4) is 0 Å². The Morgan fingerprint density at radius 2 is 1.46 bits per heavy atom. The van der Waals surface area contributed by atoms with Crippen LogP contribution in [-0.2, 0) is 14.4 Å². The minimum atomic E-state index is -1.08.